The fraction of sp³-hybridized carbons (Fsp3) is 0.312. The summed E-state index contributed by atoms with van der Waals surface area (Å²) < 4.78 is 44.7. The third-order valence-corrected chi connectivity index (χ3v) is 3.58. The second-order valence-electron chi connectivity index (χ2n) is 5.12. The van der Waals surface area contributed by atoms with Gasteiger partial charge in [-0.25, -0.2) is 19.4 Å². The van der Waals surface area contributed by atoms with Gasteiger partial charge in [0.05, 0.1) is 18.2 Å². The number of carbonyl (C=O) groups is 2. The highest BCUT2D eigenvalue weighted by Gasteiger charge is 2.43. The summed E-state index contributed by atoms with van der Waals surface area (Å²) in [5.74, 6) is 0. The fourth-order valence-electron chi connectivity index (χ4n) is 2.50. The molecule has 1 aromatic carbocycles. The number of amides is 3. The van der Waals surface area contributed by atoms with Gasteiger partial charge in [-0.05, 0) is 31.6 Å². The van der Waals surface area contributed by atoms with E-state index in [1.165, 1.54) is 38.1 Å². The highest BCUT2D eigenvalue weighted by Crippen LogP contribution is 2.39. The predicted octanol–water partition coefficient (Wildman–Crippen LogP) is 4.03. The molecule has 1 aliphatic rings. The number of nitrogens with zero attached hydrogens (tertiary/aromatic N) is 3. The lowest BCUT2D eigenvalue weighted by atomic mass is 9.96. The molecule has 1 aromatic rings. The van der Waals surface area contributed by atoms with Crippen LogP contribution in [0, 0.1) is 11.5 Å². The van der Waals surface area contributed by atoms with E-state index in [2.05, 4.69) is 0 Å². The molecule has 0 aliphatic carbocycles. The first-order valence-electron chi connectivity index (χ1n) is 7.26. The molecular weight excluding hydrogens is 339 g/mol. The molecule has 0 saturated heterocycles. The molecule has 0 N–H and O–H groups in total. The first-order valence-corrected chi connectivity index (χ1v) is 7.26. The highest BCUT2D eigenvalue weighted by molar-refractivity contribution is 5.94. The lowest BCUT2D eigenvalue weighted by molar-refractivity contribution is -0.138. The summed E-state index contributed by atoms with van der Waals surface area (Å²) in [7, 11) is 0. The fourth-order valence-corrected chi connectivity index (χ4v) is 2.50. The molecule has 0 fully saturated rings. The standard InChI is InChI=1S/C16H14F3N3O3/c1-3-25-15(24)22-13(8-10(2)21(9-20)14(22)23)11-6-4-5-7-12(11)16(17,18)19/h4-8,13H,3H2,1-2H3. The number of nitriles is 1. The normalized spacial score (nSPS) is 17.8. The molecule has 132 valence electrons. The SMILES string of the molecule is CCOC(=O)N1C(=O)N(C#N)C(C)=CC1c1ccccc1C(F)(F)F. The third kappa shape index (κ3) is 3.42. The van der Waals surface area contributed by atoms with Crippen molar-refractivity contribution < 1.29 is 27.5 Å². The van der Waals surface area contributed by atoms with Crippen LogP contribution < -0.4 is 0 Å². The number of alkyl halides is 3. The molecule has 1 aliphatic heterocycles. The monoisotopic (exact) mass is 353 g/mol. The molecule has 9 heteroatoms. The largest absolute Gasteiger partial charge is 0.449 e. The van der Waals surface area contributed by atoms with Crippen LogP contribution in [0.4, 0.5) is 22.8 Å². The van der Waals surface area contributed by atoms with Crippen LogP contribution in [0.25, 0.3) is 0 Å². The van der Waals surface area contributed by atoms with Crippen molar-refractivity contribution in [3.63, 3.8) is 0 Å². The van der Waals surface area contributed by atoms with E-state index >= 15 is 0 Å². The number of allylic oxidation sites excluding steroid dienone is 1. The van der Waals surface area contributed by atoms with E-state index in [1.54, 1.807) is 6.19 Å². The topological polar surface area (TPSA) is 73.6 Å². The summed E-state index contributed by atoms with van der Waals surface area (Å²) in [6.07, 6.45) is -2.97. The maximum atomic E-state index is 13.3. The van der Waals surface area contributed by atoms with Crippen molar-refractivity contribution >= 4 is 12.1 Å². The summed E-state index contributed by atoms with van der Waals surface area (Å²) in [5, 5.41) is 9.06. The van der Waals surface area contributed by atoms with Crippen LogP contribution in [0.3, 0.4) is 0 Å². The summed E-state index contributed by atoms with van der Waals surface area (Å²) in [6, 6.07) is 2.22. The summed E-state index contributed by atoms with van der Waals surface area (Å²) in [5.41, 5.74) is -1.14. The van der Waals surface area contributed by atoms with Crippen LogP contribution in [0.5, 0.6) is 0 Å². The molecule has 3 amide bonds. The van der Waals surface area contributed by atoms with Crippen LogP contribution in [-0.2, 0) is 10.9 Å². The average molecular weight is 353 g/mol. The number of ether oxygens (including phenoxy) is 1. The molecular formula is C16H14F3N3O3. The third-order valence-electron chi connectivity index (χ3n) is 3.58. The second-order valence-corrected chi connectivity index (χ2v) is 5.12. The van der Waals surface area contributed by atoms with Gasteiger partial charge >= 0.3 is 18.3 Å². The van der Waals surface area contributed by atoms with Crippen molar-refractivity contribution in [2.75, 3.05) is 6.61 Å². The Morgan fingerprint density at radius 2 is 2.00 bits per heavy atom. The number of imide groups is 1. The van der Waals surface area contributed by atoms with Gasteiger partial charge in [-0.3, -0.25) is 0 Å². The predicted molar refractivity (Wildman–Crippen MR) is 79.7 cm³/mol. The van der Waals surface area contributed by atoms with Crippen molar-refractivity contribution in [2.24, 2.45) is 0 Å². The molecule has 2 rings (SSSR count). The lowest BCUT2D eigenvalue weighted by Crippen LogP contribution is -2.49. The number of urea groups is 1. The Balaban J connectivity index is 2.65. The zero-order valence-electron chi connectivity index (χ0n) is 13.4. The van der Waals surface area contributed by atoms with Gasteiger partial charge in [0.25, 0.3) is 0 Å². The van der Waals surface area contributed by atoms with Crippen molar-refractivity contribution in [1.29, 1.82) is 5.26 Å². The summed E-state index contributed by atoms with van der Waals surface area (Å²) in [6.45, 7) is 2.81. The van der Waals surface area contributed by atoms with E-state index in [4.69, 9.17) is 10.00 Å². The van der Waals surface area contributed by atoms with Crippen molar-refractivity contribution in [3.8, 4) is 6.19 Å². The van der Waals surface area contributed by atoms with E-state index < -0.39 is 29.9 Å². The van der Waals surface area contributed by atoms with E-state index in [9.17, 15) is 22.8 Å². The van der Waals surface area contributed by atoms with E-state index in [1.807, 2.05) is 0 Å². The maximum Gasteiger partial charge on any atom is 0.418 e. The van der Waals surface area contributed by atoms with Gasteiger partial charge in [-0.15, -0.1) is 0 Å². The van der Waals surface area contributed by atoms with Crippen molar-refractivity contribution in [3.05, 3.63) is 47.2 Å². The number of carbonyl (C=O) groups excluding carboxylic acids is 2. The average Bonchev–Trinajstić information content (AvgIpc) is 2.54. The zero-order valence-corrected chi connectivity index (χ0v) is 13.4. The summed E-state index contributed by atoms with van der Waals surface area (Å²) in [4.78, 5) is 25.7. The Morgan fingerprint density at radius 3 is 2.56 bits per heavy atom. The Hall–Kier alpha value is -3.02. The van der Waals surface area contributed by atoms with Gasteiger partial charge in [0, 0.05) is 5.70 Å². The minimum absolute atomic E-state index is 0.0779. The van der Waals surface area contributed by atoms with Crippen LogP contribution in [-0.4, -0.2) is 28.5 Å². The molecule has 0 bridgehead atoms. The molecule has 1 unspecified atom stereocenters. The van der Waals surface area contributed by atoms with Crippen LogP contribution >= 0.6 is 0 Å². The van der Waals surface area contributed by atoms with Crippen LogP contribution in [0.15, 0.2) is 36.0 Å². The van der Waals surface area contributed by atoms with Gasteiger partial charge in [0.15, 0.2) is 6.19 Å². The number of halogens is 3. The minimum Gasteiger partial charge on any atom is -0.449 e. The molecule has 1 heterocycles. The lowest BCUT2D eigenvalue weighted by Gasteiger charge is -2.35. The van der Waals surface area contributed by atoms with Gasteiger partial charge in [0.2, 0.25) is 0 Å². The van der Waals surface area contributed by atoms with Crippen LogP contribution in [0.2, 0.25) is 0 Å². The smallest absolute Gasteiger partial charge is 0.418 e. The Kier molecular flexibility index (Phi) is 5.02. The second kappa shape index (κ2) is 6.84. The molecule has 0 spiro atoms. The van der Waals surface area contributed by atoms with Gasteiger partial charge in [-0.2, -0.15) is 18.4 Å². The Morgan fingerprint density at radius 1 is 1.36 bits per heavy atom. The molecule has 1 atom stereocenters. The molecule has 0 saturated carbocycles. The first-order chi connectivity index (χ1) is 11.7. The Bertz CT molecular complexity index is 768. The Labute approximate surface area is 141 Å². The summed E-state index contributed by atoms with van der Waals surface area (Å²) >= 11 is 0. The van der Waals surface area contributed by atoms with Crippen LogP contribution in [0.1, 0.15) is 31.0 Å². The molecule has 6 nitrogen and oxygen atoms in total. The van der Waals surface area contributed by atoms with Gasteiger partial charge in [-0.1, -0.05) is 18.2 Å². The van der Waals surface area contributed by atoms with Gasteiger partial charge in [0.1, 0.15) is 0 Å². The molecule has 25 heavy (non-hydrogen) atoms. The maximum absolute atomic E-state index is 13.3. The van der Waals surface area contributed by atoms with E-state index in [0.717, 1.165) is 6.07 Å². The van der Waals surface area contributed by atoms with Crippen molar-refractivity contribution in [1.82, 2.24) is 9.80 Å². The number of rotatable bonds is 2. The molecule has 0 radical (unpaired) electrons. The number of hydrogen-bond donors (Lipinski definition) is 0. The minimum atomic E-state index is -4.67. The quantitative estimate of drug-likeness (QED) is 0.753. The van der Waals surface area contributed by atoms with Gasteiger partial charge < -0.3 is 4.74 Å². The zero-order chi connectivity index (χ0) is 18.8. The van der Waals surface area contributed by atoms with E-state index in [-0.39, 0.29) is 17.9 Å². The molecule has 0 aromatic heterocycles. The first kappa shape index (κ1) is 18.3. The number of benzene rings is 1. The van der Waals surface area contributed by atoms with Crippen molar-refractivity contribution in [2.45, 2.75) is 26.1 Å². The van der Waals surface area contributed by atoms with E-state index in [0.29, 0.717) is 9.80 Å². The highest BCUT2D eigenvalue weighted by atomic mass is 19.4. The number of hydrogen-bond acceptors (Lipinski definition) is 4.